The first-order valence-electron chi connectivity index (χ1n) is 9.13. The molecule has 0 amide bonds. The standard InChI is InChI=1S/C19H22N6/c1-2-4-16(5-3-1)24-11-10-14(13-24)12-20-17-8-9-18-21-22-19(15-6-7-15)25(18)23-17/h1-5,8-9,14-15H,6-7,10-13H2,(H,20,23). The summed E-state index contributed by atoms with van der Waals surface area (Å²) >= 11 is 0. The second-order valence-corrected chi connectivity index (χ2v) is 7.14. The molecule has 2 aliphatic rings. The Balaban J connectivity index is 1.24. The number of para-hydroxylation sites is 1. The van der Waals surface area contributed by atoms with E-state index in [1.54, 1.807) is 0 Å². The zero-order valence-corrected chi connectivity index (χ0v) is 14.2. The Bertz CT molecular complexity index is 870. The van der Waals surface area contributed by atoms with Crippen molar-refractivity contribution >= 4 is 17.2 Å². The zero-order valence-electron chi connectivity index (χ0n) is 14.2. The molecule has 0 radical (unpaired) electrons. The number of aromatic nitrogens is 4. The average molecular weight is 334 g/mol. The Morgan fingerprint density at radius 1 is 1.00 bits per heavy atom. The minimum Gasteiger partial charge on any atom is -0.371 e. The molecule has 2 fully saturated rings. The van der Waals surface area contributed by atoms with Crippen molar-refractivity contribution in [1.82, 2.24) is 19.8 Å². The quantitative estimate of drug-likeness (QED) is 0.777. The van der Waals surface area contributed by atoms with Gasteiger partial charge in [-0.1, -0.05) is 18.2 Å². The Kier molecular flexibility index (Phi) is 3.54. The number of fused-ring (bicyclic) bond motifs is 1. The Labute approximate surface area is 146 Å². The van der Waals surface area contributed by atoms with Crippen molar-refractivity contribution in [1.29, 1.82) is 0 Å². The lowest BCUT2D eigenvalue weighted by molar-refractivity contribution is 0.620. The van der Waals surface area contributed by atoms with Crippen molar-refractivity contribution in [3.8, 4) is 0 Å². The fourth-order valence-electron chi connectivity index (χ4n) is 3.62. The molecular weight excluding hydrogens is 312 g/mol. The average Bonchev–Trinajstić information content (AvgIpc) is 3.24. The molecule has 6 heteroatoms. The summed E-state index contributed by atoms with van der Waals surface area (Å²) in [5.74, 6) is 3.11. The van der Waals surface area contributed by atoms with Crippen molar-refractivity contribution in [3.05, 3.63) is 48.3 Å². The first kappa shape index (κ1) is 14.7. The summed E-state index contributed by atoms with van der Waals surface area (Å²) in [4.78, 5) is 2.47. The number of nitrogens with zero attached hydrogens (tertiary/aromatic N) is 5. The van der Waals surface area contributed by atoms with E-state index in [0.717, 1.165) is 36.9 Å². The van der Waals surface area contributed by atoms with Gasteiger partial charge in [-0.2, -0.15) is 4.52 Å². The molecule has 25 heavy (non-hydrogen) atoms. The highest BCUT2D eigenvalue weighted by Gasteiger charge is 2.29. The lowest BCUT2D eigenvalue weighted by atomic mass is 10.1. The van der Waals surface area contributed by atoms with Gasteiger partial charge in [-0.25, -0.2) is 0 Å². The minimum absolute atomic E-state index is 0.548. The summed E-state index contributed by atoms with van der Waals surface area (Å²) in [6.45, 7) is 3.17. The lowest BCUT2D eigenvalue weighted by Crippen LogP contribution is -2.22. The lowest BCUT2D eigenvalue weighted by Gasteiger charge is -2.18. The Hall–Kier alpha value is -2.63. The topological polar surface area (TPSA) is 58.3 Å². The van der Waals surface area contributed by atoms with E-state index in [4.69, 9.17) is 5.10 Å². The van der Waals surface area contributed by atoms with Gasteiger partial charge in [0.05, 0.1) is 0 Å². The van der Waals surface area contributed by atoms with Crippen LogP contribution in [0.4, 0.5) is 11.5 Å². The fraction of sp³-hybridized carbons (Fsp3) is 0.421. The van der Waals surface area contributed by atoms with E-state index in [9.17, 15) is 0 Å². The summed E-state index contributed by atoms with van der Waals surface area (Å²) in [6.07, 6.45) is 3.62. The Morgan fingerprint density at radius 2 is 1.88 bits per heavy atom. The van der Waals surface area contributed by atoms with E-state index in [1.165, 1.54) is 24.9 Å². The van der Waals surface area contributed by atoms with Crippen LogP contribution in [0.2, 0.25) is 0 Å². The summed E-state index contributed by atoms with van der Waals surface area (Å²) in [5.41, 5.74) is 2.16. The van der Waals surface area contributed by atoms with E-state index in [2.05, 4.69) is 50.7 Å². The molecule has 0 bridgehead atoms. The van der Waals surface area contributed by atoms with Crippen molar-refractivity contribution in [3.63, 3.8) is 0 Å². The predicted octanol–water partition coefficient (Wildman–Crippen LogP) is 2.94. The number of rotatable bonds is 5. The Morgan fingerprint density at radius 3 is 2.72 bits per heavy atom. The molecule has 3 heterocycles. The molecule has 1 saturated carbocycles. The smallest absolute Gasteiger partial charge is 0.178 e. The van der Waals surface area contributed by atoms with Gasteiger partial charge in [0.25, 0.3) is 0 Å². The summed E-state index contributed by atoms with van der Waals surface area (Å²) in [7, 11) is 0. The molecule has 5 rings (SSSR count). The van der Waals surface area contributed by atoms with Crippen molar-refractivity contribution in [2.75, 3.05) is 29.9 Å². The number of nitrogens with one attached hydrogen (secondary N) is 1. The molecule has 128 valence electrons. The van der Waals surface area contributed by atoms with E-state index in [1.807, 2.05) is 16.6 Å². The van der Waals surface area contributed by atoms with Gasteiger partial charge in [-0.15, -0.1) is 15.3 Å². The summed E-state index contributed by atoms with van der Waals surface area (Å²) < 4.78 is 1.91. The second kappa shape index (κ2) is 6.02. The highest BCUT2D eigenvalue weighted by Crippen LogP contribution is 2.38. The van der Waals surface area contributed by atoms with Crippen LogP contribution >= 0.6 is 0 Å². The molecule has 1 unspecified atom stereocenters. The van der Waals surface area contributed by atoms with Gasteiger partial charge in [0.15, 0.2) is 11.5 Å². The van der Waals surface area contributed by atoms with Gasteiger partial charge < -0.3 is 10.2 Å². The van der Waals surface area contributed by atoms with Crippen molar-refractivity contribution in [2.45, 2.75) is 25.2 Å². The SMILES string of the molecule is c1ccc(N2CCC(CNc3ccc4nnc(C5CC5)n4n3)C2)cc1. The maximum absolute atomic E-state index is 4.70. The summed E-state index contributed by atoms with van der Waals surface area (Å²) in [6, 6.07) is 14.7. The number of hydrogen-bond donors (Lipinski definition) is 1. The van der Waals surface area contributed by atoms with Crippen LogP contribution in [0.15, 0.2) is 42.5 Å². The molecular formula is C19H22N6. The van der Waals surface area contributed by atoms with Gasteiger partial charge in [-0.05, 0) is 49.4 Å². The molecule has 3 aromatic rings. The van der Waals surface area contributed by atoms with E-state index >= 15 is 0 Å². The van der Waals surface area contributed by atoms with Gasteiger partial charge in [-0.3, -0.25) is 0 Å². The van der Waals surface area contributed by atoms with Crippen LogP contribution in [0, 0.1) is 5.92 Å². The van der Waals surface area contributed by atoms with E-state index < -0.39 is 0 Å². The highest BCUT2D eigenvalue weighted by atomic mass is 15.4. The molecule has 1 N–H and O–H groups in total. The monoisotopic (exact) mass is 334 g/mol. The molecule has 1 aromatic carbocycles. The van der Waals surface area contributed by atoms with Gasteiger partial charge in [0, 0.05) is 31.2 Å². The predicted molar refractivity (Wildman–Crippen MR) is 98.0 cm³/mol. The van der Waals surface area contributed by atoms with Crippen LogP contribution in [0.3, 0.4) is 0 Å². The third-order valence-electron chi connectivity index (χ3n) is 5.21. The first-order valence-corrected chi connectivity index (χ1v) is 9.13. The molecule has 1 atom stereocenters. The maximum Gasteiger partial charge on any atom is 0.178 e. The van der Waals surface area contributed by atoms with Crippen LogP contribution in [-0.2, 0) is 0 Å². The van der Waals surface area contributed by atoms with Crippen LogP contribution in [0.5, 0.6) is 0 Å². The van der Waals surface area contributed by atoms with E-state index in [0.29, 0.717) is 11.8 Å². The van der Waals surface area contributed by atoms with Gasteiger partial charge >= 0.3 is 0 Å². The number of hydrogen-bond acceptors (Lipinski definition) is 5. The van der Waals surface area contributed by atoms with E-state index in [-0.39, 0.29) is 0 Å². The first-order chi connectivity index (χ1) is 12.4. The molecule has 6 nitrogen and oxygen atoms in total. The zero-order chi connectivity index (χ0) is 16.6. The highest BCUT2D eigenvalue weighted by molar-refractivity contribution is 5.47. The summed E-state index contributed by atoms with van der Waals surface area (Å²) in [5, 5.41) is 16.7. The minimum atomic E-state index is 0.548. The molecule has 0 spiro atoms. The number of anilines is 2. The van der Waals surface area contributed by atoms with Crippen LogP contribution in [-0.4, -0.2) is 39.4 Å². The molecule has 1 aliphatic heterocycles. The van der Waals surface area contributed by atoms with Crippen LogP contribution in [0.25, 0.3) is 5.65 Å². The van der Waals surface area contributed by atoms with Crippen molar-refractivity contribution in [2.24, 2.45) is 5.92 Å². The van der Waals surface area contributed by atoms with Gasteiger partial charge in [0.1, 0.15) is 5.82 Å². The third kappa shape index (κ3) is 2.92. The number of benzene rings is 1. The normalized spacial score (nSPS) is 20.3. The maximum atomic E-state index is 4.70. The van der Waals surface area contributed by atoms with Crippen LogP contribution in [0.1, 0.15) is 31.0 Å². The second-order valence-electron chi connectivity index (χ2n) is 7.14. The third-order valence-corrected chi connectivity index (χ3v) is 5.21. The van der Waals surface area contributed by atoms with Crippen LogP contribution < -0.4 is 10.2 Å². The van der Waals surface area contributed by atoms with Crippen molar-refractivity contribution < 1.29 is 0 Å². The fourth-order valence-corrected chi connectivity index (χ4v) is 3.62. The molecule has 1 aliphatic carbocycles. The van der Waals surface area contributed by atoms with Gasteiger partial charge in [0.2, 0.25) is 0 Å². The molecule has 2 aromatic heterocycles. The molecule has 1 saturated heterocycles. The largest absolute Gasteiger partial charge is 0.371 e.